The molecule has 0 aromatic heterocycles. The van der Waals surface area contributed by atoms with Crippen molar-refractivity contribution in [3.63, 3.8) is 0 Å². The quantitative estimate of drug-likeness (QED) is 0.552. The van der Waals surface area contributed by atoms with Gasteiger partial charge in [0.25, 0.3) is 0 Å². The molecule has 0 saturated carbocycles. The fourth-order valence-corrected chi connectivity index (χ4v) is 2.46. The summed E-state index contributed by atoms with van der Waals surface area (Å²) in [5.41, 5.74) is 2.27. The van der Waals surface area contributed by atoms with Crippen LogP contribution in [0.4, 0.5) is 0 Å². The Kier molecular flexibility index (Phi) is 3.04. The highest BCUT2D eigenvalue weighted by atomic mass is 35.5. The summed E-state index contributed by atoms with van der Waals surface area (Å²) in [6.45, 7) is 0. The lowest BCUT2D eigenvalue weighted by molar-refractivity contribution is 1.15. The molecule has 88 valence electrons. The second-order valence-electron chi connectivity index (χ2n) is 4.38. The predicted molar refractivity (Wildman–Crippen MR) is 78.1 cm³/mol. The van der Waals surface area contributed by atoms with E-state index in [1.165, 1.54) is 10.8 Å². The average Bonchev–Trinajstić information content (AvgIpc) is 2.47. The predicted octanol–water partition coefficient (Wildman–Crippen LogP) is 5.17. The first-order chi connectivity index (χ1) is 8.84. The molecule has 0 aliphatic carbocycles. The van der Waals surface area contributed by atoms with Gasteiger partial charge in [0, 0.05) is 0 Å². The number of alkyl halides is 1. The number of halogens is 1. The molecule has 0 heterocycles. The SMILES string of the molecule is ClC(c1ccccc1)c1ccc2ccccc2c1. The van der Waals surface area contributed by atoms with Gasteiger partial charge in [0.2, 0.25) is 0 Å². The summed E-state index contributed by atoms with van der Waals surface area (Å²) in [7, 11) is 0. The van der Waals surface area contributed by atoms with E-state index in [0.717, 1.165) is 11.1 Å². The van der Waals surface area contributed by atoms with Gasteiger partial charge in [-0.15, -0.1) is 11.6 Å². The summed E-state index contributed by atoms with van der Waals surface area (Å²) in [4.78, 5) is 0. The standard InChI is InChI=1S/C17H13Cl/c18-17(14-7-2-1-3-8-14)16-11-10-13-6-4-5-9-15(13)12-16/h1-12,17H. The third-order valence-electron chi connectivity index (χ3n) is 3.16. The van der Waals surface area contributed by atoms with Crippen LogP contribution in [0.15, 0.2) is 72.8 Å². The van der Waals surface area contributed by atoms with Gasteiger partial charge in [-0.25, -0.2) is 0 Å². The molecule has 0 amide bonds. The van der Waals surface area contributed by atoms with Crippen LogP contribution < -0.4 is 0 Å². The van der Waals surface area contributed by atoms with E-state index in [-0.39, 0.29) is 5.38 Å². The van der Waals surface area contributed by atoms with Gasteiger partial charge in [-0.05, 0) is 28.0 Å². The Morgan fingerprint density at radius 2 is 1.28 bits per heavy atom. The lowest BCUT2D eigenvalue weighted by Gasteiger charge is -2.11. The third kappa shape index (κ3) is 2.12. The summed E-state index contributed by atoms with van der Waals surface area (Å²) in [5, 5.41) is 2.39. The van der Waals surface area contributed by atoms with Gasteiger partial charge in [0.15, 0.2) is 0 Å². The Balaban J connectivity index is 2.04. The van der Waals surface area contributed by atoms with Gasteiger partial charge >= 0.3 is 0 Å². The minimum Gasteiger partial charge on any atom is -0.113 e. The van der Waals surface area contributed by atoms with Crippen LogP contribution in [0.2, 0.25) is 0 Å². The lowest BCUT2D eigenvalue weighted by atomic mass is 10.0. The Bertz CT molecular complexity index is 659. The van der Waals surface area contributed by atoms with Crippen molar-refractivity contribution < 1.29 is 0 Å². The zero-order valence-corrected chi connectivity index (χ0v) is 10.6. The maximum Gasteiger partial charge on any atom is 0.0835 e. The first kappa shape index (κ1) is 11.3. The number of hydrogen-bond donors (Lipinski definition) is 0. The van der Waals surface area contributed by atoms with Crippen molar-refractivity contribution in [3.05, 3.63) is 83.9 Å². The van der Waals surface area contributed by atoms with E-state index in [2.05, 4.69) is 54.6 Å². The molecule has 1 unspecified atom stereocenters. The van der Waals surface area contributed by atoms with Crippen LogP contribution >= 0.6 is 11.6 Å². The van der Waals surface area contributed by atoms with Crippen LogP contribution in [0.1, 0.15) is 16.5 Å². The molecule has 3 aromatic rings. The highest BCUT2D eigenvalue weighted by Crippen LogP contribution is 2.30. The molecule has 0 saturated heterocycles. The molecule has 3 aromatic carbocycles. The first-order valence-corrected chi connectivity index (χ1v) is 6.46. The summed E-state index contributed by atoms with van der Waals surface area (Å²) >= 11 is 6.53. The molecule has 0 aliphatic heterocycles. The Hall–Kier alpha value is -1.79. The minimum absolute atomic E-state index is 0.0872. The maximum absolute atomic E-state index is 6.53. The molecule has 0 fully saturated rings. The van der Waals surface area contributed by atoms with Crippen LogP contribution in [-0.4, -0.2) is 0 Å². The molecule has 0 N–H and O–H groups in total. The Morgan fingerprint density at radius 1 is 0.611 bits per heavy atom. The van der Waals surface area contributed by atoms with Crippen molar-refractivity contribution in [1.29, 1.82) is 0 Å². The first-order valence-electron chi connectivity index (χ1n) is 6.02. The lowest BCUT2D eigenvalue weighted by Crippen LogP contribution is -1.92. The molecule has 0 bridgehead atoms. The summed E-state index contributed by atoms with van der Waals surface area (Å²) in [6.07, 6.45) is 0. The zero-order valence-electron chi connectivity index (χ0n) is 9.88. The molecule has 18 heavy (non-hydrogen) atoms. The van der Waals surface area contributed by atoms with Crippen molar-refractivity contribution in [2.24, 2.45) is 0 Å². The van der Waals surface area contributed by atoms with E-state index < -0.39 is 0 Å². The van der Waals surface area contributed by atoms with Crippen molar-refractivity contribution in [2.45, 2.75) is 5.38 Å². The highest BCUT2D eigenvalue weighted by molar-refractivity contribution is 6.22. The van der Waals surface area contributed by atoms with Crippen LogP contribution in [-0.2, 0) is 0 Å². The summed E-state index contributed by atoms with van der Waals surface area (Å²) < 4.78 is 0. The van der Waals surface area contributed by atoms with Gasteiger partial charge in [-0.3, -0.25) is 0 Å². The van der Waals surface area contributed by atoms with E-state index in [4.69, 9.17) is 11.6 Å². The average molecular weight is 253 g/mol. The highest BCUT2D eigenvalue weighted by Gasteiger charge is 2.10. The molecule has 1 heteroatoms. The molecule has 0 spiro atoms. The van der Waals surface area contributed by atoms with Crippen molar-refractivity contribution in [3.8, 4) is 0 Å². The van der Waals surface area contributed by atoms with Gasteiger partial charge in [0.05, 0.1) is 5.38 Å². The van der Waals surface area contributed by atoms with E-state index in [0.29, 0.717) is 0 Å². The van der Waals surface area contributed by atoms with Gasteiger partial charge in [-0.1, -0.05) is 66.7 Å². The van der Waals surface area contributed by atoms with E-state index >= 15 is 0 Å². The minimum atomic E-state index is -0.0872. The van der Waals surface area contributed by atoms with Crippen LogP contribution in [0.5, 0.6) is 0 Å². The van der Waals surface area contributed by atoms with Crippen LogP contribution in [0.25, 0.3) is 10.8 Å². The number of benzene rings is 3. The summed E-state index contributed by atoms with van der Waals surface area (Å²) in [6, 6.07) is 24.9. The molecule has 0 nitrogen and oxygen atoms in total. The van der Waals surface area contributed by atoms with Crippen molar-refractivity contribution >= 4 is 22.4 Å². The monoisotopic (exact) mass is 252 g/mol. The second kappa shape index (κ2) is 4.83. The van der Waals surface area contributed by atoms with E-state index in [9.17, 15) is 0 Å². The molecular weight excluding hydrogens is 240 g/mol. The molecule has 0 radical (unpaired) electrons. The second-order valence-corrected chi connectivity index (χ2v) is 4.82. The Labute approximate surface area is 112 Å². The molecule has 3 rings (SSSR count). The number of fused-ring (bicyclic) bond motifs is 1. The molecule has 1 atom stereocenters. The molecule has 0 aliphatic rings. The summed E-state index contributed by atoms with van der Waals surface area (Å²) in [5.74, 6) is 0. The van der Waals surface area contributed by atoms with Crippen LogP contribution in [0, 0.1) is 0 Å². The maximum atomic E-state index is 6.53. The number of rotatable bonds is 2. The topological polar surface area (TPSA) is 0 Å². The van der Waals surface area contributed by atoms with Crippen molar-refractivity contribution in [2.75, 3.05) is 0 Å². The fourth-order valence-electron chi connectivity index (χ4n) is 2.18. The Morgan fingerprint density at radius 3 is 2.06 bits per heavy atom. The third-order valence-corrected chi connectivity index (χ3v) is 3.66. The van der Waals surface area contributed by atoms with E-state index in [1.807, 2.05) is 18.2 Å². The molecular formula is C17H13Cl. The van der Waals surface area contributed by atoms with E-state index in [1.54, 1.807) is 0 Å². The van der Waals surface area contributed by atoms with Gasteiger partial charge in [0.1, 0.15) is 0 Å². The number of hydrogen-bond acceptors (Lipinski definition) is 0. The van der Waals surface area contributed by atoms with Gasteiger partial charge < -0.3 is 0 Å². The van der Waals surface area contributed by atoms with Gasteiger partial charge in [-0.2, -0.15) is 0 Å². The van der Waals surface area contributed by atoms with Crippen LogP contribution in [0.3, 0.4) is 0 Å². The fraction of sp³-hybridized carbons (Fsp3) is 0.0588. The van der Waals surface area contributed by atoms with Crippen molar-refractivity contribution in [1.82, 2.24) is 0 Å². The smallest absolute Gasteiger partial charge is 0.0835 e. The zero-order chi connectivity index (χ0) is 12.4. The largest absolute Gasteiger partial charge is 0.113 e. The normalized spacial score (nSPS) is 12.5.